The summed E-state index contributed by atoms with van der Waals surface area (Å²) in [5.41, 5.74) is 0.280. The number of halogens is 1. The monoisotopic (exact) mass is 299 g/mol. The van der Waals surface area contributed by atoms with E-state index in [2.05, 4.69) is 15.3 Å². The highest BCUT2D eigenvalue weighted by Crippen LogP contribution is 2.24. The Labute approximate surface area is 122 Å². The lowest BCUT2D eigenvalue weighted by Crippen LogP contribution is -2.29. The zero-order valence-corrected chi connectivity index (χ0v) is 12.1. The van der Waals surface area contributed by atoms with E-state index in [1.807, 2.05) is 0 Å². The van der Waals surface area contributed by atoms with Crippen molar-refractivity contribution in [3.8, 4) is 0 Å². The number of nitrogens with one attached hydrogen (secondary N) is 1. The molecule has 110 valence electrons. The summed E-state index contributed by atoms with van der Waals surface area (Å²) >= 11 is 5.79. The van der Waals surface area contributed by atoms with Crippen LogP contribution in [0.25, 0.3) is 0 Å². The van der Waals surface area contributed by atoms with Crippen LogP contribution < -0.4 is 5.32 Å². The Hall–Kier alpha value is -1.40. The van der Waals surface area contributed by atoms with E-state index in [1.54, 1.807) is 6.92 Å². The molecule has 1 aromatic heterocycles. The van der Waals surface area contributed by atoms with Gasteiger partial charge in [0.2, 0.25) is 5.28 Å². The predicted molar refractivity (Wildman–Crippen MR) is 74.9 cm³/mol. The maximum Gasteiger partial charge on any atom is 0.343 e. The van der Waals surface area contributed by atoms with Crippen molar-refractivity contribution in [1.29, 1.82) is 0 Å². The van der Waals surface area contributed by atoms with Crippen LogP contribution in [0.5, 0.6) is 0 Å². The fraction of sp³-hybridized carbons (Fsp3) is 0.615. The zero-order valence-electron chi connectivity index (χ0n) is 11.3. The third-order valence-electron chi connectivity index (χ3n) is 3.29. The highest BCUT2D eigenvalue weighted by molar-refractivity contribution is 6.28. The van der Waals surface area contributed by atoms with Gasteiger partial charge in [-0.15, -0.1) is 0 Å². The van der Waals surface area contributed by atoms with Gasteiger partial charge < -0.3 is 15.2 Å². The average molecular weight is 300 g/mol. The first-order valence-electron chi connectivity index (χ1n) is 6.74. The molecule has 0 spiro atoms. The smallest absolute Gasteiger partial charge is 0.343 e. The lowest BCUT2D eigenvalue weighted by atomic mass is 9.93. The van der Waals surface area contributed by atoms with Gasteiger partial charge in [-0.05, 0) is 44.2 Å². The van der Waals surface area contributed by atoms with E-state index in [0.29, 0.717) is 5.82 Å². The van der Waals surface area contributed by atoms with Gasteiger partial charge in [0.1, 0.15) is 11.4 Å². The van der Waals surface area contributed by atoms with Gasteiger partial charge >= 0.3 is 5.97 Å². The summed E-state index contributed by atoms with van der Waals surface area (Å²) < 4.78 is 4.97. The second kappa shape index (κ2) is 6.85. The van der Waals surface area contributed by atoms with Crippen molar-refractivity contribution < 1.29 is 14.6 Å². The maximum absolute atomic E-state index is 11.8. The van der Waals surface area contributed by atoms with Gasteiger partial charge in [-0.25, -0.2) is 9.78 Å². The average Bonchev–Trinajstić information content (AvgIpc) is 2.42. The molecule has 1 aliphatic rings. The molecule has 20 heavy (non-hydrogen) atoms. The molecule has 0 aliphatic heterocycles. The fourth-order valence-corrected chi connectivity index (χ4v) is 2.38. The summed E-state index contributed by atoms with van der Waals surface area (Å²) in [4.78, 5) is 19.7. The van der Waals surface area contributed by atoms with Crippen LogP contribution in [-0.4, -0.2) is 39.8 Å². The van der Waals surface area contributed by atoms with Crippen LogP contribution in [0.4, 0.5) is 5.82 Å². The first-order valence-corrected chi connectivity index (χ1v) is 7.12. The minimum Gasteiger partial charge on any atom is -0.462 e. The number of nitrogens with zero attached hydrogens (tertiary/aromatic N) is 2. The molecule has 1 aromatic rings. The molecule has 1 aliphatic carbocycles. The van der Waals surface area contributed by atoms with Crippen molar-refractivity contribution in [1.82, 2.24) is 9.97 Å². The van der Waals surface area contributed by atoms with E-state index in [1.165, 1.54) is 6.20 Å². The van der Waals surface area contributed by atoms with Gasteiger partial charge in [0.15, 0.2) is 0 Å². The largest absolute Gasteiger partial charge is 0.462 e. The van der Waals surface area contributed by atoms with Crippen molar-refractivity contribution in [3.63, 3.8) is 0 Å². The molecule has 2 rings (SSSR count). The minimum atomic E-state index is -0.470. The molecule has 1 heterocycles. The maximum atomic E-state index is 11.8. The molecule has 7 heteroatoms. The van der Waals surface area contributed by atoms with E-state index >= 15 is 0 Å². The Morgan fingerprint density at radius 1 is 1.50 bits per heavy atom. The van der Waals surface area contributed by atoms with Gasteiger partial charge in [-0.3, -0.25) is 0 Å². The third kappa shape index (κ3) is 3.80. The highest BCUT2D eigenvalue weighted by atomic mass is 35.5. The summed E-state index contributed by atoms with van der Waals surface area (Å²) in [6.45, 7) is 2.03. The van der Waals surface area contributed by atoms with Crippen LogP contribution in [0.1, 0.15) is 43.0 Å². The summed E-state index contributed by atoms with van der Waals surface area (Å²) in [6.07, 6.45) is 4.27. The Bertz CT molecular complexity index is 476. The van der Waals surface area contributed by atoms with E-state index in [-0.39, 0.29) is 29.6 Å². The molecule has 0 unspecified atom stereocenters. The van der Waals surface area contributed by atoms with Crippen molar-refractivity contribution >= 4 is 23.4 Å². The van der Waals surface area contributed by atoms with Gasteiger partial charge in [0.05, 0.1) is 12.7 Å². The van der Waals surface area contributed by atoms with Crippen LogP contribution >= 0.6 is 11.6 Å². The van der Waals surface area contributed by atoms with E-state index in [4.69, 9.17) is 16.3 Å². The Morgan fingerprint density at radius 3 is 2.85 bits per heavy atom. The molecule has 1 fully saturated rings. The lowest BCUT2D eigenvalue weighted by molar-refractivity contribution is 0.0526. The van der Waals surface area contributed by atoms with Crippen molar-refractivity contribution in [2.45, 2.75) is 44.8 Å². The van der Waals surface area contributed by atoms with Crippen LogP contribution in [0.2, 0.25) is 5.28 Å². The van der Waals surface area contributed by atoms with Gasteiger partial charge in [0.25, 0.3) is 0 Å². The van der Waals surface area contributed by atoms with E-state index < -0.39 is 5.97 Å². The number of aromatic nitrogens is 2. The first kappa shape index (κ1) is 15.0. The number of carbonyl (C=O) groups excluding carboxylic acids is 1. The number of esters is 1. The molecular formula is C13H18ClN3O3. The first-order chi connectivity index (χ1) is 9.60. The standard InChI is InChI=1S/C13H18ClN3O3/c1-2-20-12(19)10-7-15-13(14)17-11(10)16-8-3-5-9(18)6-4-8/h7-9,18H,2-6H2,1H3,(H,15,16,17)/t8-,9-. The SMILES string of the molecule is CCOC(=O)c1cnc(Cl)nc1N[C@H]1CC[C@H](O)CC1. The molecule has 0 bridgehead atoms. The summed E-state index contributed by atoms with van der Waals surface area (Å²) in [7, 11) is 0. The van der Waals surface area contributed by atoms with Crippen molar-refractivity contribution in [2.24, 2.45) is 0 Å². The molecular weight excluding hydrogens is 282 g/mol. The second-order valence-corrected chi connectivity index (χ2v) is 5.11. The molecule has 2 N–H and O–H groups in total. The van der Waals surface area contributed by atoms with E-state index in [9.17, 15) is 9.90 Å². The number of carbonyl (C=O) groups is 1. The van der Waals surface area contributed by atoms with Gasteiger partial charge in [-0.1, -0.05) is 0 Å². The molecule has 0 radical (unpaired) electrons. The lowest BCUT2D eigenvalue weighted by Gasteiger charge is -2.27. The number of anilines is 1. The van der Waals surface area contributed by atoms with Crippen molar-refractivity contribution in [3.05, 3.63) is 17.0 Å². The van der Waals surface area contributed by atoms with Crippen LogP contribution in [0, 0.1) is 0 Å². The minimum absolute atomic E-state index is 0.0800. The third-order valence-corrected chi connectivity index (χ3v) is 3.47. The molecule has 1 saturated carbocycles. The number of hydrogen-bond donors (Lipinski definition) is 2. The number of rotatable bonds is 4. The molecule has 0 amide bonds. The zero-order chi connectivity index (χ0) is 14.5. The molecule has 0 saturated heterocycles. The van der Waals surface area contributed by atoms with E-state index in [0.717, 1.165) is 25.7 Å². The Morgan fingerprint density at radius 2 is 2.20 bits per heavy atom. The number of ether oxygens (including phenoxy) is 1. The van der Waals surface area contributed by atoms with Crippen LogP contribution in [-0.2, 0) is 4.74 Å². The molecule has 6 nitrogen and oxygen atoms in total. The quantitative estimate of drug-likeness (QED) is 0.653. The van der Waals surface area contributed by atoms with Crippen LogP contribution in [0.15, 0.2) is 6.20 Å². The molecule has 0 aromatic carbocycles. The fourth-order valence-electron chi connectivity index (χ4n) is 2.24. The van der Waals surface area contributed by atoms with Gasteiger partial charge in [-0.2, -0.15) is 4.98 Å². The predicted octanol–water partition coefficient (Wildman–Crippen LogP) is 2.02. The van der Waals surface area contributed by atoms with Crippen molar-refractivity contribution in [2.75, 3.05) is 11.9 Å². The Balaban J connectivity index is 2.12. The highest BCUT2D eigenvalue weighted by Gasteiger charge is 2.22. The van der Waals surface area contributed by atoms with Crippen LogP contribution in [0.3, 0.4) is 0 Å². The summed E-state index contributed by atoms with van der Waals surface area (Å²) in [5.74, 6) is -0.0765. The number of aliphatic hydroxyl groups excluding tert-OH is 1. The summed E-state index contributed by atoms with van der Waals surface area (Å²) in [6, 6.07) is 0.164. The molecule has 0 atom stereocenters. The second-order valence-electron chi connectivity index (χ2n) is 4.77. The van der Waals surface area contributed by atoms with Gasteiger partial charge in [0, 0.05) is 12.2 Å². The topological polar surface area (TPSA) is 84.3 Å². The normalized spacial score (nSPS) is 22.4. The number of aliphatic hydroxyl groups is 1. The number of hydrogen-bond acceptors (Lipinski definition) is 6. The Kier molecular flexibility index (Phi) is 5.14. The summed E-state index contributed by atoms with van der Waals surface area (Å²) in [5, 5.41) is 12.8.